The van der Waals surface area contributed by atoms with Crippen LogP contribution in [0.1, 0.15) is 27.2 Å². The zero-order valence-electron chi connectivity index (χ0n) is 15.8. The fourth-order valence-corrected chi connectivity index (χ4v) is 3.70. The maximum Gasteiger partial charge on any atom is 0.275 e. The molecule has 2 aromatic carbocycles. The lowest BCUT2D eigenvalue weighted by atomic mass is 10.1. The number of halogens is 1. The Morgan fingerprint density at radius 1 is 1.14 bits per heavy atom. The van der Waals surface area contributed by atoms with Crippen LogP contribution >= 0.6 is 11.3 Å². The zero-order chi connectivity index (χ0) is 20.5. The fraction of sp³-hybridized carbons (Fsp3) is 0.143. The van der Waals surface area contributed by atoms with Gasteiger partial charge in [-0.3, -0.25) is 9.59 Å². The zero-order valence-corrected chi connectivity index (χ0v) is 16.6. The molecule has 4 rings (SSSR count). The smallest absolute Gasteiger partial charge is 0.275 e. The predicted octanol–water partition coefficient (Wildman–Crippen LogP) is 3.50. The van der Waals surface area contributed by atoms with Crippen molar-refractivity contribution in [2.75, 3.05) is 0 Å². The first-order valence-corrected chi connectivity index (χ1v) is 9.73. The third-order valence-electron chi connectivity index (χ3n) is 4.46. The van der Waals surface area contributed by atoms with Crippen LogP contribution in [0.25, 0.3) is 15.5 Å². The molecule has 0 fully saturated rings. The van der Waals surface area contributed by atoms with E-state index in [1.807, 2.05) is 31.2 Å². The normalized spacial score (nSPS) is 11.0. The molecule has 0 aliphatic carbocycles. The summed E-state index contributed by atoms with van der Waals surface area (Å²) in [4.78, 5) is 29.5. The highest BCUT2D eigenvalue weighted by atomic mass is 32.1. The quantitative estimate of drug-likeness (QED) is 0.561. The highest BCUT2D eigenvalue weighted by Crippen LogP contribution is 2.24. The van der Waals surface area contributed by atoms with E-state index in [2.05, 4.69) is 15.4 Å². The van der Waals surface area contributed by atoms with Gasteiger partial charge in [-0.05, 0) is 31.5 Å². The summed E-state index contributed by atoms with van der Waals surface area (Å²) in [7, 11) is 0. The number of rotatable bonds is 4. The maximum atomic E-state index is 13.7. The van der Waals surface area contributed by atoms with E-state index in [1.54, 1.807) is 19.1 Å². The van der Waals surface area contributed by atoms with Gasteiger partial charge >= 0.3 is 0 Å². The predicted molar refractivity (Wildman–Crippen MR) is 110 cm³/mol. The van der Waals surface area contributed by atoms with Crippen LogP contribution in [0.3, 0.4) is 0 Å². The summed E-state index contributed by atoms with van der Waals surface area (Å²) in [6.07, 6.45) is 0. The molecule has 0 bridgehead atoms. The highest BCUT2D eigenvalue weighted by molar-refractivity contribution is 7.19. The highest BCUT2D eigenvalue weighted by Gasteiger charge is 2.12. The molecule has 8 heteroatoms. The van der Waals surface area contributed by atoms with Crippen LogP contribution in [-0.4, -0.2) is 20.5 Å². The van der Waals surface area contributed by atoms with Crippen LogP contribution in [-0.2, 0) is 6.54 Å². The number of nitrogens with zero attached hydrogens (tertiary/aromatic N) is 3. The molecule has 0 radical (unpaired) electrons. The van der Waals surface area contributed by atoms with Gasteiger partial charge in [0.1, 0.15) is 10.8 Å². The van der Waals surface area contributed by atoms with Gasteiger partial charge in [-0.25, -0.2) is 9.37 Å². The Hall–Kier alpha value is -3.39. The van der Waals surface area contributed by atoms with Crippen molar-refractivity contribution in [3.63, 3.8) is 0 Å². The second-order valence-electron chi connectivity index (χ2n) is 6.70. The van der Waals surface area contributed by atoms with Gasteiger partial charge in [0.05, 0.1) is 12.2 Å². The minimum atomic E-state index is -0.441. The molecule has 2 aromatic heterocycles. The van der Waals surface area contributed by atoms with Gasteiger partial charge in [-0.2, -0.15) is 9.61 Å². The largest absolute Gasteiger partial charge is 0.346 e. The van der Waals surface area contributed by atoms with Gasteiger partial charge in [0, 0.05) is 17.2 Å². The summed E-state index contributed by atoms with van der Waals surface area (Å²) in [6.45, 7) is 3.68. The van der Waals surface area contributed by atoms with Crippen LogP contribution in [0, 0.1) is 19.7 Å². The monoisotopic (exact) mass is 408 g/mol. The lowest BCUT2D eigenvalue weighted by molar-refractivity contribution is 0.0950. The Kier molecular flexibility index (Phi) is 4.94. The second-order valence-corrected chi connectivity index (χ2v) is 7.66. The number of amides is 1. The number of aromatic nitrogens is 3. The van der Waals surface area contributed by atoms with Gasteiger partial charge in [-0.15, -0.1) is 0 Å². The van der Waals surface area contributed by atoms with E-state index in [-0.39, 0.29) is 17.7 Å². The van der Waals surface area contributed by atoms with E-state index in [9.17, 15) is 14.0 Å². The summed E-state index contributed by atoms with van der Waals surface area (Å²) in [6, 6.07) is 13.5. The Morgan fingerprint density at radius 3 is 2.62 bits per heavy atom. The molecule has 0 aliphatic heterocycles. The first-order valence-electron chi connectivity index (χ1n) is 8.92. The number of fused-ring (bicyclic) bond motifs is 1. The molecule has 0 saturated heterocycles. The average molecular weight is 408 g/mol. The van der Waals surface area contributed by atoms with Crippen molar-refractivity contribution in [1.29, 1.82) is 0 Å². The van der Waals surface area contributed by atoms with Crippen molar-refractivity contribution >= 4 is 22.2 Å². The molecule has 0 aliphatic rings. The number of benzene rings is 2. The molecule has 146 valence electrons. The SMILES string of the molecule is Cc1ccc(-c2nn3c(=O)cc(CNC(=O)c4ccc(C)c(F)c4)nc3s2)cc1. The van der Waals surface area contributed by atoms with Crippen molar-refractivity contribution in [2.24, 2.45) is 0 Å². The van der Waals surface area contributed by atoms with Gasteiger partial charge in [0.2, 0.25) is 4.96 Å². The van der Waals surface area contributed by atoms with Crippen molar-refractivity contribution in [2.45, 2.75) is 20.4 Å². The number of hydrogen-bond donors (Lipinski definition) is 1. The minimum Gasteiger partial charge on any atom is -0.346 e. The number of hydrogen-bond acceptors (Lipinski definition) is 5. The van der Waals surface area contributed by atoms with E-state index in [1.165, 1.54) is 28.0 Å². The molecular formula is C21H17FN4O2S. The molecule has 6 nitrogen and oxygen atoms in total. The van der Waals surface area contributed by atoms with E-state index >= 15 is 0 Å². The third-order valence-corrected chi connectivity index (χ3v) is 5.42. The van der Waals surface area contributed by atoms with Crippen molar-refractivity contribution < 1.29 is 9.18 Å². The average Bonchev–Trinajstić information content (AvgIpc) is 3.13. The van der Waals surface area contributed by atoms with E-state index < -0.39 is 11.7 Å². The minimum absolute atomic E-state index is 0.0534. The van der Waals surface area contributed by atoms with Crippen molar-refractivity contribution in [3.8, 4) is 10.6 Å². The molecule has 0 spiro atoms. The lowest BCUT2D eigenvalue weighted by Crippen LogP contribution is -2.25. The Bertz CT molecular complexity index is 1280. The van der Waals surface area contributed by atoms with E-state index in [0.29, 0.717) is 21.2 Å². The summed E-state index contributed by atoms with van der Waals surface area (Å²) in [5.74, 6) is -0.876. The first-order chi connectivity index (χ1) is 13.9. The van der Waals surface area contributed by atoms with Crippen LogP contribution in [0.2, 0.25) is 0 Å². The molecule has 4 aromatic rings. The molecule has 1 N–H and O–H groups in total. The van der Waals surface area contributed by atoms with E-state index in [4.69, 9.17) is 0 Å². The summed E-state index contributed by atoms with van der Waals surface area (Å²) < 4.78 is 14.9. The summed E-state index contributed by atoms with van der Waals surface area (Å²) in [5, 5.41) is 7.70. The molecule has 29 heavy (non-hydrogen) atoms. The van der Waals surface area contributed by atoms with Crippen LogP contribution < -0.4 is 10.9 Å². The first kappa shape index (κ1) is 18.9. The van der Waals surface area contributed by atoms with Gasteiger partial charge in [-0.1, -0.05) is 47.2 Å². The number of nitrogens with one attached hydrogen (secondary N) is 1. The molecular weight excluding hydrogens is 391 g/mol. The Balaban J connectivity index is 1.56. The maximum absolute atomic E-state index is 13.7. The molecule has 2 heterocycles. The van der Waals surface area contributed by atoms with Crippen LogP contribution in [0.5, 0.6) is 0 Å². The van der Waals surface area contributed by atoms with Crippen molar-refractivity contribution in [1.82, 2.24) is 19.9 Å². The standard InChI is InChI=1S/C21H17FN4O2S/c1-12-3-6-14(7-4-12)20-25-26-18(27)10-16(24-21(26)29-20)11-23-19(28)15-8-5-13(2)17(22)9-15/h3-10H,11H2,1-2H3,(H,23,28). The third kappa shape index (κ3) is 3.93. The Morgan fingerprint density at radius 2 is 1.90 bits per heavy atom. The second kappa shape index (κ2) is 7.56. The Labute approximate surface area is 169 Å². The molecule has 0 saturated carbocycles. The molecule has 0 unspecified atom stereocenters. The van der Waals surface area contributed by atoms with Crippen molar-refractivity contribution in [3.05, 3.63) is 87.1 Å². The number of carbonyl (C=O) groups is 1. The van der Waals surface area contributed by atoms with Gasteiger partial charge in [0.25, 0.3) is 11.5 Å². The van der Waals surface area contributed by atoms with Gasteiger partial charge in [0.15, 0.2) is 0 Å². The molecule has 1 amide bonds. The van der Waals surface area contributed by atoms with Gasteiger partial charge < -0.3 is 5.32 Å². The number of aryl methyl sites for hydroxylation is 2. The lowest BCUT2D eigenvalue weighted by Gasteiger charge is -2.06. The number of carbonyl (C=O) groups excluding carboxylic acids is 1. The van der Waals surface area contributed by atoms with E-state index in [0.717, 1.165) is 11.1 Å². The van der Waals surface area contributed by atoms with Crippen LogP contribution in [0.4, 0.5) is 4.39 Å². The summed E-state index contributed by atoms with van der Waals surface area (Å²) >= 11 is 1.30. The summed E-state index contributed by atoms with van der Waals surface area (Å²) in [5.41, 5.74) is 2.81. The van der Waals surface area contributed by atoms with Crippen LogP contribution in [0.15, 0.2) is 53.3 Å². The molecule has 0 atom stereocenters. The topological polar surface area (TPSA) is 76.4 Å². The fourth-order valence-electron chi connectivity index (χ4n) is 2.77.